The number of nitrogens with one attached hydrogen (secondary N) is 1. The minimum Gasteiger partial charge on any atom is -0.383 e. The van der Waals surface area contributed by atoms with E-state index in [0.717, 1.165) is 0 Å². The average molecular weight is 509 g/mol. The van der Waals surface area contributed by atoms with E-state index in [9.17, 15) is 27.1 Å². The summed E-state index contributed by atoms with van der Waals surface area (Å²) < 4.78 is 68.6. The largest absolute Gasteiger partial charge is 0.383 e. The number of carbonyl (C=O) groups excluding carboxylic acids is 1. The van der Waals surface area contributed by atoms with Crippen LogP contribution in [0.1, 0.15) is 31.2 Å². The smallest absolute Gasteiger partial charge is 0.350 e. The molecule has 1 spiro atoms. The molecule has 1 aliphatic heterocycles. The van der Waals surface area contributed by atoms with Gasteiger partial charge in [0.2, 0.25) is 0 Å². The first-order valence-corrected chi connectivity index (χ1v) is 13.3. The molecule has 35 heavy (non-hydrogen) atoms. The first-order valence-electron chi connectivity index (χ1n) is 11.7. The number of hydrogen-bond acceptors (Lipinski definition) is 4. The number of benzene rings is 2. The highest BCUT2D eigenvalue weighted by Crippen LogP contribution is 2.56. The van der Waals surface area contributed by atoms with Crippen LogP contribution < -0.4 is 4.72 Å². The number of sulfonamides is 1. The van der Waals surface area contributed by atoms with E-state index < -0.39 is 51.1 Å². The Balaban J connectivity index is 1.51. The molecule has 1 amide bonds. The van der Waals surface area contributed by atoms with Gasteiger partial charge < -0.3 is 10.0 Å². The number of alkyl halides is 2. The average Bonchev–Trinajstić information content (AvgIpc) is 3.76. The molecule has 2 aromatic carbocycles. The number of aliphatic hydroxyl groups excluding tert-OH is 1. The van der Waals surface area contributed by atoms with Gasteiger partial charge in [-0.2, -0.15) is 8.78 Å². The lowest BCUT2D eigenvalue weighted by molar-refractivity contribution is -0.142. The quantitative estimate of drug-likeness (QED) is 0.573. The Morgan fingerprint density at radius 1 is 1.11 bits per heavy atom. The summed E-state index contributed by atoms with van der Waals surface area (Å²) in [4.78, 5) is 14.6. The highest BCUT2D eigenvalue weighted by atomic mass is 32.2. The van der Waals surface area contributed by atoms with Crippen LogP contribution in [-0.2, 0) is 21.2 Å². The number of nitrogens with zero attached hydrogens (tertiary/aromatic N) is 1. The molecule has 0 aromatic heterocycles. The van der Waals surface area contributed by atoms with Gasteiger partial charge in [0.1, 0.15) is 11.9 Å². The van der Waals surface area contributed by atoms with Crippen LogP contribution in [-0.4, -0.2) is 54.8 Å². The maximum atomic E-state index is 15.6. The van der Waals surface area contributed by atoms with Crippen LogP contribution in [0.25, 0.3) is 11.1 Å². The van der Waals surface area contributed by atoms with Crippen molar-refractivity contribution >= 4 is 15.9 Å². The van der Waals surface area contributed by atoms with Gasteiger partial charge in [0.25, 0.3) is 15.9 Å². The Morgan fingerprint density at radius 3 is 2.40 bits per heavy atom. The summed E-state index contributed by atoms with van der Waals surface area (Å²) in [6, 6.07) is 11.8. The maximum Gasteiger partial charge on any atom is 0.350 e. The van der Waals surface area contributed by atoms with E-state index in [-0.39, 0.29) is 24.4 Å². The molecule has 1 saturated heterocycles. The molecule has 5 rings (SSSR count). The molecule has 3 atom stereocenters. The van der Waals surface area contributed by atoms with Crippen molar-refractivity contribution in [1.82, 2.24) is 9.62 Å². The predicted octanol–water partition coefficient (Wildman–Crippen LogP) is 3.31. The fourth-order valence-corrected chi connectivity index (χ4v) is 6.12. The maximum absolute atomic E-state index is 15.6. The summed E-state index contributed by atoms with van der Waals surface area (Å²) in [5.41, 5.74) is 0.555. The van der Waals surface area contributed by atoms with Gasteiger partial charge in [-0.15, -0.1) is 0 Å². The molecule has 3 fully saturated rings. The van der Waals surface area contributed by atoms with Gasteiger partial charge in [-0.1, -0.05) is 48.5 Å². The fraction of sp³-hybridized carbons (Fsp3) is 0.480. The highest BCUT2D eigenvalue weighted by Gasteiger charge is 2.62. The second-order valence-electron chi connectivity index (χ2n) is 9.93. The van der Waals surface area contributed by atoms with Gasteiger partial charge in [0.15, 0.2) is 0 Å². The zero-order chi connectivity index (χ0) is 25.0. The fourth-order valence-electron chi connectivity index (χ4n) is 5.26. The van der Waals surface area contributed by atoms with Crippen LogP contribution in [0, 0.1) is 17.2 Å². The molecule has 1 heterocycles. The molecule has 2 aliphatic carbocycles. The Labute approximate surface area is 202 Å². The topological polar surface area (TPSA) is 86.7 Å². The number of aliphatic hydroxyl groups is 1. The third-order valence-electron chi connectivity index (χ3n) is 7.55. The molecule has 3 aliphatic rings. The van der Waals surface area contributed by atoms with Gasteiger partial charge >= 0.3 is 5.76 Å². The van der Waals surface area contributed by atoms with E-state index in [1.165, 1.54) is 4.90 Å². The molecule has 1 unspecified atom stereocenters. The number of halogens is 3. The lowest BCUT2D eigenvalue weighted by Crippen LogP contribution is -2.52. The number of amides is 1. The van der Waals surface area contributed by atoms with E-state index >= 15 is 4.39 Å². The summed E-state index contributed by atoms with van der Waals surface area (Å²) in [5, 5.41) is 10.5. The van der Waals surface area contributed by atoms with Crippen molar-refractivity contribution in [3.63, 3.8) is 0 Å². The number of rotatable bonds is 8. The predicted molar refractivity (Wildman–Crippen MR) is 123 cm³/mol. The van der Waals surface area contributed by atoms with E-state index in [2.05, 4.69) is 4.72 Å². The lowest BCUT2D eigenvalue weighted by atomic mass is 9.91. The van der Waals surface area contributed by atoms with Crippen molar-refractivity contribution in [3.05, 3.63) is 59.9 Å². The number of hydrogen-bond donors (Lipinski definition) is 2. The molecule has 2 aromatic rings. The van der Waals surface area contributed by atoms with Crippen LogP contribution in [0.2, 0.25) is 0 Å². The van der Waals surface area contributed by atoms with Crippen molar-refractivity contribution in [2.24, 2.45) is 11.3 Å². The number of likely N-dealkylation sites (tertiary alicyclic amines) is 1. The van der Waals surface area contributed by atoms with Crippen molar-refractivity contribution in [1.29, 1.82) is 0 Å². The third kappa shape index (κ3) is 4.59. The SMILES string of the molecule is O=C(C(O)C1CC1)N1CC2(CC2)[C@H](NS(=O)(=O)C(F)F)[C@@H]1Cc1cccc(-c2ccccc2)c1F. The Hall–Kier alpha value is -2.43. The van der Waals surface area contributed by atoms with Gasteiger partial charge in [0, 0.05) is 23.6 Å². The van der Waals surface area contributed by atoms with Gasteiger partial charge in [-0.3, -0.25) is 4.79 Å². The molecule has 6 nitrogen and oxygen atoms in total. The second-order valence-corrected chi connectivity index (χ2v) is 11.6. The van der Waals surface area contributed by atoms with Gasteiger partial charge in [-0.05, 0) is 49.1 Å². The van der Waals surface area contributed by atoms with Crippen molar-refractivity contribution in [3.8, 4) is 11.1 Å². The summed E-state index contributed by atoms with van der Waals surface area (Å²) in [6.45, 7) is 0.136. The zero-order valence-electron chi connectivity index (χ0n) is 18.9. The molecule has 0 bridgehead atoms. The number of carbonyl (C=O) groups is 1. The Bertz CT molecular complexity index is 1220. The van der Waals surface area contributed by atoms with E-state index in [0.29, 0.717) is 36.8 Å². The van der Waals surface area contributed by atoms with E-state index in [1.54, 1.807) is 42.5 Å². The first kappa shape index (κ1) is 24.3. The first-order chi connectivity index (χ1) is 16.6. The van der Waals surface area contributed by atoms with Crippen LogP contribution in [0.15, 0.2) is 48.5 Å². The van der Waals surface area contributed by atoms with Gasteiger partial charge in [0.05, 0.1) is 6.04 Å². The summed E-state index contributed by atoms with van der Waals surface area (Å²) >= 11 is 0. The van der Waals surface area contributed by atoms with Crippen molar-refractivity contribution in [2.45, 2.75) is 56.0 Å². The molecule has 2 N–H and O–H groups in total. The standard InChI is InChI=1S/C25H27F3N2O4S/c26-20-17(7-4-8-18(20)15-5-2-1-3-6-15)13-19-22(29-35(33,34)24(27)28)25(11-12-25)14-30(19)23(32)21(31)16-9-10-16/h1-8,16,19,21-22,24,29,31H,9-14H2/t19-,21?,22+/m0/s1. The lowest BCUT2D eigenvalue weighted by Gasteiger charge is -2.31. The normalized spacial score (nSPS) is 24.2. The minimum absolute atomic E-state index is 0.0756. The molecule has 188 valence electrons. The Morgan fingerprint density at radius 2 is 1.80 bits per heavy atom. The molecule has 10 heteroatoms. The van der Waals surface area contributed by atoms with Gasteiger partial charge in [-0.25, -0.2) is 17.5 Å². The zero-order valence-corrected chi connectivity index (χ0v) is 19.7. The monoisotopic (exact) mass is 508 g/mol. The second kappa shape index (κ2) is 8.90. The van der Waals surface area contributed by atoms with Crippen LogP contribution in [0.3, 0.4) is 0 Å². The summed E-state index contributed by atoms with van der Waals surface area (Å²) in [7, 11) is -4.95. The third-order valence-corrected chi connectivity index (χ3v) is 8.60. The summed E-state index contributed by atoms with van der Waals surface area (Å²) in [5.74, 6) is -4.85. The van der Waals surface area contributed by atoms with E-state index in [4.69, 9.17) is 0 Å². The van der Waals surface area contributed by atoms with Crippen LogP contribution in [0.4, 0.5) is 13.2 Å². The minimum atomic E-state index is -4.95. The van der Waals surface area contributed by atoms with E-state index in [1.807, 2.05) is 6.07 Å². The Kier molecular flexibility index (Phi) is 6.17. The molecular weight excluding hydrogens is 481 g/mol. The molecule has 2 saturated carbocycles. The van der Waals surface area contributed by atoms with Crippen LogP contribution >= 0.6 is 0 Å². The van der Waals surface area contributed by atoms with Crippen LogP contribution in [0.5, 0.6) is 0 Å². The highest BCUT2D eigenvalue weighted by molar-refractivity contribution is 7.89. The molecule has 0 radical (unpaired) electrons. The summed E-state index contributed by atoms with van der Waals surface area (Å²) in [6.07, 6.45) is 1.22. The van der Waals surface area contributed by atoms with Crippen molar-refractivity contribution < 1.29 is 31.5 Å². The molecular formula is C25H27F3N2O4S. The van der Waals surface area contributed by atoms with Crippen molar-refractivity contribution in [2.75, 3.05) is 6.54 Å².